The van der Waals surface area contributed by atoms with Crippen molar-refractivity contribution in [2.45, 2.75) is 25.7 Å². The van der Waals surface area contributed by atoms with E-state index in [0.29, 0.717) is 27.0 Å². The van der Waals surface area contributed by atoms with Gasteiger partial charge in [0, 0.05) is 17.3 Å². The van der Waals surface area contributed by atoms with Crippen molar-refractivity contribution in [3.8, 4) is 11.6 Å². The maximum Gasteiger partial charge on any atom is 0.266 e. The standard InChI is InChI=1S/C21H19N3O4S2/c1-11-7-8-14(30(4,26)27)10-15(11)23-20(25)18-12(2)17-13(3)22-19(24-21(17)29-18)16-6-5-9-28-16/h5-10H,1-4H3,(H,23,25). The van der Waals surface area contributed by atoms with E-state index in [9.17, 15) is 13.2 Å². The average Bonchev–Trinajstić information content (AvgIpc) is 3.31. The molecule has 1 aromatic carbocycles. The predicted molar refractivity (Wildman–Crippen MR) is 117 cm³/mol. The summed E-state index contributed by atoms with van der Waals surface area (Å²) in [5, 5.41) is 3.68. The van der Waals surface area contributed by atoms with Crippen LogP contribution in [0.1, 0.15) is 26.5 Å². The molecule has 0 aliphatic rings. The van der Waals surface area contributed by atoms with Gasteiger partial charge in [-0.25, -0.2) is 18.4 Å². The lowest BCUT2D eigenvalue weighted by Crippen LogP contribution is -2.13. The Morgan fingerprint density at radius 2 is 1.90 bits per heavy atom. The van der Waals surface area contributed by atoms with Crippen LogP contribution in [0.2, 0.25) is 0 Å². The van der Waals surface area contributed by atoms with Crippen LogP contribution in [0.25, 0.3) is 21.8 Å². The molecular weight excluding hydrogens is 422 g/mol. The molecule has 0 saturated heterocycles. The normalized spacial score (nSPS) is 11.7. The minimum absolute atomic E-state index is 0.154. The highest BCUT2D eigenvalue weighted by Gasteiger charge is 2.21. The second-order valence-electron chi connectivity index (χ2n) is 7.05. The second kappa shape index (κ2) is 7.33. The molecule has 154 valence electrons. The molecule has 0 bridgehead atoms. The molecule has 0 atom stereocenters. The van der Waals surface area contributed by atoms with Crippen LogP contribution >= 0.6 is 11.3 Å². The monoisotopic (exact) mass is 441 g/mol. The lowest BCUT2D eigenvalue weighted by atomic mass is 10.1. The van der Waals surface area contributed by atoms with Crippen LogP contribution in [0.4, 0.5) is 5.69 Å². The number of benzene rings is 1. The van der Waals surface area contributed by atoms with Gasteiger partial charge in [0.2, 0.25) is 0 Å². The highest BCUT2D eigenvalue weighted by Crippen LogP contribution is 2.33. The van der Waals surface area contributed by atoms with Gasteiger partial charge in [-0.1, -0.05) is 6.07 Å². The van der Waals surface area contributed by atoms with Crippen molar-refractivity contribution in [2.75, 3.05) is 11.6 Å². The SMILES string of the molecule is Cc1ccc(S(C)(=O)=O)cc1NC(=O)c1sc2nc(-c3ccco3)nc(C)c2c1C. The van der Waals surface area contributed by atoms with Crippen molar-refractivity contribution in [3.05, 3.63) is 58.3 Å². The van der Waals surface area contributed by atoms with E-state index >= 15 is 0 Å². The summed E-state index contributed by atoms with van der Waals surface area (Å²) in [6, 6.07) is 8.23. The largest absolute Gasteiger partial charge is 0.461 e. The Kier molecular flexibility index (Phi) is 4.95. The number of rotatable bonds is 4. The zero-order valence-corrected chi connectivity index (χ0v) is 18.4. The zero-order chi connectivity index (χ0) is 21.6. The Morgan fingerprint density at radius 3 is 2.57 bits per heavy atom. The van der Waals surface area contributed by atoms with Crippen LogP contribution < -0.4 is 5.32 Å². The number of aryl methyl sites for hydroxylation is 3. The maximum atomic E-state index is 13.0. The van der Waals surface area contributed by atoms with E-state index in [4.69, 9.17) is 4.42 Å². The van der Waals surface area contributed by atoms with E-state index in [-0.39, 0.29) is 10.8 Å². The fourth-order valence-corrected chi connectivity index (χ4v) is 4.99. The third-order valence-corrected chi connectivity index (χ3v) is 7.10. The summed E-state index contributed by atoms with van der Waals surface area (Å²) in [6.07, 6.45) is 2.70. The first-order chi connectivity index (χ1) is 14.1. The van der Waals surface area contributed by atoms with Crippen molar-refractivity contribution >= 4 is 43.0 Å². The van der Waals surface area contributed by atoms with Crippen molar-refractivity contribution in [3.63, 3.8) is 0 Å². The Morgan fingerprint density at radius 1 is 1.13 bits per heavy atom. The molecule has 4 aromatic rings. The first-order valence-electron chi connectivity index (χ1n) is 9.09. The van der Waals surface area contributed by atoms with Gasteiger partial charge < -0.3 is 9.73 Å². The number of nitrogens with one attached hydrogen (secondary N) is 1. The number of fused-ring (bicyclic) bond motifs is 1. The molecule has 30 heavy (non-hydrogen) atoms. The van der Waals surface area contributed by atoms with Gasteiger partial charge in [-0.15, -0.1) is 11.3 Å². The average molecular weight is 442 g/mol. The number of hydrogen-bond donors (Lipinski definition) is 1. The van der Waals surface area contributed by atoms with E-state index in [0.717, 1.165) is 28.5 Å². The molecule has 0 saturated carbocycles. The molecule has 0 radical (unpaired) electrons. The van der Waals surface area contributed by atoms with Gasteiger partial charge in [-0.3, -0.25) is 4.79 Å². The number of anilines is 1. The van der Waals surface area contributed by atoms with E-state index in [1.165, 1.54) is 23.5 Å². The first-order valence-corrected chi connectivity index (χ1v) is 11.8. The number of aromatic nitrogens is 2. The lowest BCUT2D eigenvalue weighted by molar-refractivity contribution is 0.103. The van der Waals surface area contributed by atoms with E-state index in [2.05, 4.69) is 15.3 Å². The quantitative estimate of drug-likeness (QED) is 0.499. The van der Waals surface area contributed by atoms with E-state index in [1.807, 2.05) is 20.8 Å². The lowest BCUT2D eigenvalue weighted by Gasteiger charge is -2.10. The molecule has 0 unspecified atom stereocenters. The van der Waals surface area contributed by atoms with Crippen molar-refractivity contribution in [1.82, 2.24) is 9.97 Å². The molecule has 4 rings (SSSR count). The Bertz CT molecular complexity index is 1390. The number of sulfone groups is 1. The van der Waals surface area contributed by atoms with Crippen LogP contribution in [0.15, 0.2) is 45.9 Å². The molecule has 7 nitrogen and oxygen atoms in total. The molecule has 0 fully saturated rings. The van der Waals surface area contributed by atoms with Gasteiger partial charge >= 0.3 is 0 Å². The number of amides is 1. The van der Waals surface area contributed by atoms with E-state index < -0.39 is 9.84 Å². The fourth-order valence-electron chi connectivity index (χ4n) is 3.22. The van der Waals surface area contributed by atoms with Gasteiger partial charge in [-0.05, 0) is 56.2 Å². The van der Waals surface area contributed by atoms with Crippen LogP contribution in [0, 0.1) is 20.8 Å². The summed E-state index contributed by atoms with van der Waals surface area (Å²) in [5.74, 6) is 0.711. The van der Waals surface area contributed by atoms with Crippen LogP contribution in [-0.4, -0.2) is 30.5 Å². The Labute approximate surface area is 177 Å². The molecule has 9 heteroatoms. The van der Waals surface area contributed by atoms with Crippen LogP contribution in [0.3, 0.4) is 0 Å². The third-order valence-electron chi connectivity index (χ3n) is 4.80. The van der Waals surface area contributed by atoms with Crippen molar-refractivity contribution in [2.24, 2.45) is 0 Å². The number of thiophene rings is 1. The molecule has 1 amide bonds. The number of hydrogen-bond acceptors (Lipinski definition) is 7. The number of furan rings is 1. The molecule has 3 heterocycles. The van der Waals surface area contributed by atoms with Crippen molar-refractivity contribution < 1.29 is 17.6 Å². The van der Waals surface area contributed by atoms with Crippen molar-refractivity contribution in [1.29, 1.82) is 0 Å². The minimum atomic E-state index is -3.38. The maximum absolute atomic E-state index is 13.0. The highest BCUT2D eigenvalue weighted by molar-refractivity contribution is 7.90. The molecular formula is C21H19N3O4S2. The molecule has 1 N–H and O–H groups in total. The smallest absolute Gasteiger partial charge is 0.266 e. The Hall–Kier alpha value is -3.04. The fraction of sp³-hybridized carbons (Fsp3) is 0.190. The van der Waals surface area contributed by atoms with Crippen LogP contribution in [-0.2, 0) is 9.84 Å². The number of carbonyl (C=O) groups is 1. The summed E-state index contributed by atoms with van der Waals surface area (Å²) < 4.78 is 29.1. The minimum Gasteiger partial charge on any atom is -0.461 e. The summed E-state index contributed by atoms with van der Waals surface area (Å²) in [7, 11) is -3.38. The van der Waals surface area contributed by atoms with Gasteiger partial charge in [0.1, 0.15) is 4.83 Å². The first kappa shape index (κ1) is 20.2. The number of nitrogens with zero attached hydrogens (tertiary/aromatic N) is 2. The molecule has 0 aliphatic heterocycles. The van der Waals surface area contributed by atoms with Gasteiger partial charge in [0.05, 0.1) is 21.7 Å². The summed E-state index contributed by atoms with van der Waals surface area (Å²) in [6.45, 7) is 5.54. The van der Waals surface area contributed by atoms with Crippen LogP contribution in [0.5, 0.6) is 0 Å². The summed E-state index contributed by atoms with van der Waals surface area (Å²) in [4.78, 5) is 23.5. The summed E-state index contributed by atoms with van der Waals surface area (Å²) in [5.41, 5.74) is 2.77. The van der Waals surface area contributed by atoms with Gasteiger partial charge in [0.15, 0.2) is 21.4 Å². The molecule has 3 aromatic heterocycles. The third kappa shape index (κ3) is 3.61. The van der Waals surface area contributed by atoms with E-state index in [1.54, 1.807) is 24.5 Å². The number of carbonyl (C=O) groups excluding carboxylic acids is 1. The second-order valence-corrected chi connectivity index (χ2v) is 10.1. The molecule has 0 spiro atoms. The molecule has 0 aliphatic carbocycles. The van der Waals surface area contributed by atoms with Gasteiger partial charge in [-0.2, -0.15) is 0 Å². The Balaban J connectivity index is 1.74. The topological polar surface area (TPSA) is 102 Å². The van der Waals surface area contributed by atoms with Gasteiger partial charge in [0.25, 0.3) is 5.91 Å². The summed E-state index contributed by atoms with van der Waals surface area (Å²) >= 11 is 1.27. The highest BCUT2D eigenvalue weighted by atomic mass is 32.2. The zero-order valence-electron chi connectivity index (χ0n) is 16.8. The predicted octanol–water partition coefficient (Wildman–Crippen LogP) is 4.53.